The summed E-state index contributed by atoms with van der Waals surface area (Å²) in [5.41, 5.74) is 2.50. The van der Waals surface area contributed by atoms with E-state index in [1.165, 1.54) is 6.07 Å². The van der Waals surface area contributed by atoms with Gasteiger partial charge in [-0.1, -0.05) is 36.4 Å². The first-order chi connectivity index (χ1) is 9.09. The zero-order chi connectivity index (χ0) is 13.8. The molecule has 0 radical (unpaired) electrons. The molecule has 2 aromatic carbocycles. The average Bonchev–Trinajstić information content (AvgIpc) is 2.39. The summed E-state index contributed by atoms with van der Waals surface area (Å²) in [5.74, 6) is -0.272. The summed E-state index contributed by atoms with van der Waals surface area (Å²) < 4.78 is 0. The van der Waals surface area contributed by atoms with Crippen LogP contribution in [-0.4, -0.2) is 11.0 Å². The van der Waals surface area contributed by atoms with Crippen LogP contribution in [0.5, 0.6) is 5.75 Å². The Hall–Kier alpha value is -2.29. The van der Waals surface area contributed by atoms with Crippen molar-refractivity contribution >= 4 is 5.91 Å². The lowest BCUT2D eigenvalue weighted by atomic mass is 10.0. The van der Waals surface area contributed by atoms with Crippen molar-refractivity contribution in [2.24, 2.45) is 0 Å². The van der Waals surface area contributed by atoms with E-state index < -0.39 is 0 Å². The second kappa shape index (κ2) is 5.57. The molecular weight excluding hydrogens is 238 g/mol. The molecule has 2 aromatic rings. The lowest BCUT2D eigenvalue weighted by Crippen LogP contribution is -2.27. The number of nitrogens with one attached hydrogen (secondary N) is 1. The normalized spacial score (nSPS) is 11.9. The van der Waals surface area contributed by atoms with Crippen molar-refractivity contribution in [2.45, 2.75) is 19.9 Å². The third-order valence-electron chi connectivity index (χ3n) is 3.15. The first-order valence-electron chi connectivity index (χ1n) is 6.24. The number of hydrogen-bond acceptors (Lipinski definition) is 2. The Labute approximate surface area is 112 Å². The third kappa shape index (κ3) is 2.94. The molecule has 0 aromatic heterocycles. The van der Waals surface area contributed by atoms with E-state index in [1.807, 2.05) is 38.1 Å². The van der Waals surface area contributed by atoms with E-state index in [1.54, 1.807) is 18.2 Å². The van der Waals surface area contributed by atoms with E-state index in [0.717, 1.165) is 11.1 Å². The van der Waals surface area contributed by atoms with Crippen molar-refractivity contribution in [1.82, 2.24) is 5.32 Å². The molecule has 19 heavy (non-hydrogen) atoms. The number of aromatic hydroxyl groups is 1. The fourth-order valence-electron chi connectivity index (χ4n) is 2.09. The predicted octanol–water partition coefficient (Wildman–Crippen LogP) is 3.19. The van der Waals surface area contributed by atoms with Gasteiger partial charge in [0.05, 0.1) is 11.6 Å². The van der Waals surface area contributed by atoms with Gasteiger partial charge in [0.25, 0.3) is 5.91 Å². The molecule has 98 valence electrons. The minimum atomic E-state index is -0.270. The molecule has 0 saturated carbocycles. The summed E-state index contributed by atoms with van der Waals surface area (Å²) in [4.78, 5) is 12.1. The third-order valence-corrected chi connectivity index (χ3v) is 3.15. The highest BCUT2D eigenvalue weighted by molar-refractivity contribution is 5.96. The quantitative estimate of drug-likeness (QED) is 0.885. The van der Waals surface area contributed by atoms with Crippen LogP contribution in [0.3, 0.4) is 0 Å². The number of benzene rings is 2. The molecule has 0 saturated heterocycles. The first-order valence-corrected chi connectivity index (χ1v) is 6.24. The maximum atomic E-state index is 12.1. The van der Waals surface area contributed by atoms with Gasteiger partial charge < -0.3 is 10.4 Å². The molecule has 0 fully saturated rings. The van der Waals surface area contributed by atoms with E-state index in [0.29, 0.717) is 5.56 Å². The van der Waals surface area contributed by atoms with Gasteiger partial charge in [0.2, 0.25) is 0 Å². The molecule has 3 nitrogen and oxygen atoms in total. The summed E-state index contributed by atoms with van der Waals surface area (Å²) in [6.07, 6.45) is 0. The lowest BCUT2D eigenvalue weighted by Gasteiger charge is -2.16. The van der Waals surface area contributed by atoms with Gasteiger partial charge in [-0.2, -0.15) is 0 Å². The molecule has 0 aliphatic carbocycles. The fraction of sp³-hybridized carbons (Fsp3) is 0.188. The standard InChI is InChI=1S/C16H17NO2/c1-11-7-3-4-8-13(11)12(2)17-16(19)14-9-5-6-10-15(14)18/h3-10,12,18H,1-2H3,(H,17,19)/t12-/m0/s1. The average molecular weight is 255 g/mol. The van der Waals surface area contributed by atoms with E-state index in [9.17, 15) is 9.90 Å². The van der Waals surface area contributed by atoms with Gasteiger partial charge in [-0.15, -0.1) is 0 Å². The number of hydrogen-bond donors (Lipinski definition) is 2. The Morgan fingerprint density at radius 2 is 1.74 bits per heavy atom. The molecule has 2 rings (SSSR count). The zero-order valence-corrected chi connectivity index (χ0v) is 11.1. The zero-order valence-electron chi connectivity index (χ0n) is 11.1. The van der Waals surface area contributed by atoms with Crippen molar-refractivity contribution in [3.8, 4) is 5.75 Å². The second-order valence-corrected chi connectivity index (χ2v) is 4.57. The molecule has 0 heterocycles. The van der Waals surface area contributed by atoms with Crippen LogP contribution in [0.2, 0.25) is 0 Å². The summed E-state index contributed by atoms with van der Waals surface area (Å²) in [5, 5.41) is 12.6. The van der Waals surface area contributed by atoms with Crippen LogP contribution >= 0.6 is 0 Å². The van der Waals surface area contributed by atoms with Gasteiger partial charge in [0.1, 0.15) is 5.75 Å². The molecule has 0 bridgehead atoms. The Balaban J connectivity index is 2.16. The Kier molecular flexibility index (Phi) is 3.85. The van der Waals surface area contributed by atoms with Gasteiger partial charge >= 0.3 is 0 Å². The summed E-state index contributed by atoms with van der Waals surface area (Å²) >= 11 is 0. The number of amides is 1. The van der Waals surface area contributed by atoms with E-state index in [-0.39, 0.29) is 17.7 Å². The van der Waals surface area contributed by atoms with E-state index >= 15 is 0 Å². The van der Waals surface area contributed by atoms with Crippen molar-refractivity contribution in [1.29, 1.82) is 0 Å². The van der Waals surface area contributed by atoms with Gasteiger partial charge in [0, 0.05) is 0 Å². The molecule has 3 heteroatoms. The number of phenols is 1. The number of phenolic OH excluding ortho intramolecular Hbond substituents is 1. The van der Waals surface area contributed by atoms with Crippen LogP contribution in [0.15, 0.2) is 48.5 Å². The molecular formula is C16H17NO2. The molecule has 0 aliphatic heterocycles. The Morgan fingerprint density at radius 3 is 2.42 bits per heavy atom. The highest BCUT2D eigenvalue weighted by Gasteiger charge is 2.15. The summed E-state index contributed by atoms with van der Waals surface area (Å²) in [6.45, 7) is 3.94. The number of carbonyl (C=O) groups is 1. The SMILES string of the molecule is Cc1ccccc1[C@H](C)NC(=O)c1ccccc1O. The maximum Gasteiger partial charge on any atom is 0.255 e. The van der Waals surface area contributed by atoms with Crippen LogP contribution in [0.4, 0.5) is 0 Å². The minimum Gasteiger partial charge on any atom is -0.507 e. The van der Waals surface area contributed by atoms with E-state index in [4.69, 9.17) is 0 Å². The smallest absolute Gasteiger partial charge is 0.255 e. The maximum absolute atomic E-state index is 12.1. The molecule has 0 aliphatic rings. The van der Waals surface area contributed by atoms with Gasteiger partial charge in [-0.25, -0.2) is 0 Å². The van der Waals surface area contributed by atoms with Crippen molar-refractivity contribution in [3.05, 3.63) is 65.2 Å². The number of aryl methyl sites for hydroxylation is 1. The van der Waals surface area contributed by atoms with Gasteiger partial charge in [-0.05, 0) is 37.1 Å². The number of rotatable bonds is 3. The summed E-state index contributed by atoms with van der Waals surface area (Å²) in [6, 6.07) is 14.4. The van der Waals surface area contributed by atoms with Crippen molar-refractivity contribution in [3.63, 3.8) is 0 Å². The van der Waals surface area contributed by atoms with Crippen molar-refractivity contribution in [2.75, 3.05) is 0 Å². The second-order valence-electron chi connectivity index (χ2n) is 4.57. The molecule has 1 atom stereocenters. The fourth-order valence-corrected chi connectivity index (χ4v) is 2.09. The first kappa shape index (κ1) is 13.1. The van der Waals surface area contributed by atoms with Gasteiger partial charge in [-0.3, -0.25) is 4.79 Å². The molecule has 2 N–H and O–H groups in total. The number of carbonyl (C=O) groups excluding carboxylic acids is 1. The number of para-hydroxylation sites is 1. The molecule has 0 unspecified atom stereocenters. The van der Waals surface area contributed by atoms with Crippen LogP contribution in [0, 0.1) is 6.92 Å². The molecule has 1 amide bonds. The Bertz CT molecular complexity index is 593. The highest BCUT2D eigenvalue weighted by Crippen LogP contribution is 2.20. The van der Waals surface area contributed by atoms with Crippen LogP contribution in [0.1, 0.15) is 34.5 Å². The minimum absolute atomic E-state index is 0.00279. The largest absolute Gasteiger partial charge is 0.507 e. The Morgan fingerprint density at radius 1 is 1.11 bits per heavy atom. The van der Waals surface area contributed by atoms with Crippen LogP contribution in [0.25, 0.3) is 0 Å². The lowest BCUT2D eigenvalue weighted by molar-refractivity contribution is 0.0937. The topological polar surface area (TPSA) is 49.3 Å². The monoisotopic (exact) mass is 255 g/mol. The van der Waals surface area contributed by atoms with E-state index in [2.05, 4.69) is 5.32 Å². The van der Waals surface area contributed by atoms with Crippen LogP contribution < -0.4 is 5.32 Å². The van der Waals surface area contributed by atoms with Crippen molar-refractivity contribution < 1.29 is 9.90 Å². The summed E-state index contributed by atoms with van der Waals surface area (Å²) in [7, 11) is 0. The predicted molar refractivity (Wildman–Crippen MR) is 75.2 cm³/mol. The molecule has 0 spiro atoms. The van der Waals surface area contributed by atoms with Gasteiger partial charge in [0.15, 0.2) is 0 Å². The highest BCUT2D eigenvalue weighted by atomic mass is 16.3. The van der Waals surface area contributed by atoms with Crippen LogP contribution in [-0.2, 0) is 0 Å².